The minimum Gasteiger partial charge on any atom is -0.394 e. The van der Waals surface area contributed by atoms with Crippen LogP contribution >= 0.6 is 0 Å². The number of aromatic nitrogens is 1. The molecule has 28 heavy (non-hydrogen) atoms. The van der Waals surface area contributed by atoms with Gasteiger partial charge < -0.3 is 20.7 Å². The second kappa shape index (κ2) is 7.40. The summed E-state index contributed by atoms with van der Waals surface area (Å²) >= 11 is 0. The number of aryl methyl sites for hydroxylation is 1. The topological polar surface area (TPSA) is 111 Å². The van der Waals surface area contributed by atoms with E-state index < -0.39 is 24.4 Å². The highest BCUT2D eigenvalue weighted by Gasteiger charge is 2.26. The summed E-state index contributed by atoms with van der Waals surface area (Å²) in [7, 11) is 0. The number of halogens is 1. The molecule has 0 saturated heterocycles. The van der Waals surface area contributed by atoms with Gasteiger partial charge in [0.2, 0.25) is 0 Å². The van der Waals surface area contributed by atoms with E-state index in [-0.39, 0.29) is 17.3 Å². The lowest BCUT2D eigenvalue weighted by Crippen LogP contribution is -2.42. The molecule has 0 aliphatic carbocycles. The average molecular weight is 385 g/mol. The lowest BCUT2D eigenvalue weighted by molar-refractivity contribution is -0.119. The standard InChI is InChI=1S/C20H20FN3O4/c1-9-16(7-14-13-6-12(21)4-5-15(13)23-19(14)27)22-10(2)18(9)20(28)24-17(8-25)11(3)26/h4-7,17,22,25H,8H2,1-3H3,(H,23,27)(H,24,28)/b14-7-/t17-/m1/s1. The molecule has 0 unspecified atom stereocenters. The van der Waals surface area contributed by atoms with Gasteiger partial charge in [-0.1, -0.05) is 0 Å². The van der Waals surface area contributed by atoms with E-state index >= 15 is 0 Å². The van der Waals surface area contributed by atoms with E-state index in [0.29, 0.717) is 33.8 Å². The number of benzene rings is 1. The summed E-state index contributed by atoms with van der Waals surface area (Å²) in [6, 6.07) is 3.04. The first-order valence-corrected chi connectivity index (χ1v) is 8.67. The Labute approximate surface area is 160 Å². The van der Waals surface area contributed by atoms with Gasteiger partial charge in [0.1, 0.15) is 11.9 Å². The van der Waals surface area contributed by atoms with Gasteiger partial charge >= 0.3 is 0 Å². The van der Waals surface area contributed by atoms with Crippen LogP contribution in [0.25, 0.3) is 11.6 Å². The number of anilines is 1. The predicted molar refractivity (Wildman–Crippen MR) is 102 cm³/mol. The first kappa shape index (κ1) is 19.5. The van der Waals surface area contributed by atoms with E-state index in [9.17, 15) is 23.9 Å². The molecule has 8 heteroatoms. The van der Waals surface area contributed by atoms with Crippen molar-refractivity contribution in [2.45, 2.75) is 26.8 Å². The van der Waals surface area contributed by atoms with Gasteiger partial charge in [0.05, 0.1) is 17.7 Å². The number of hydrogen-bond donors (Lipinski definition) is 4. The van der Waals surface area contributed by atoms with Gasteiger partial charge in [-0.3, -0.25) is 14.4 Å². The van der Waals surface area contributed by atoms with Crippen molar-refractivity contribution in [3.05, 3.63) is 52.1 Å². The van der Waals surface area contributed by atoms with Crippen molar-refractivity contribution in [3.8, 4) is 0 Å². The van der Waals surface area contributed by atoms with Crippen LogP contribution in [0.3, 0.4) is 0 Å². The Morgan fingerprint density at radius 1 is 1.32 bits per heavy atom. The minimum absolute atomic E-state index is 0.280. The fourth-order valence-electron chi connectivity index (χ4n) is 3.21. The molecule has 4 N–H and O–H groups in total. The van der Waals surface area contributed by atoms with E-state index in [1.54, 1.807) is 19.9 Å². The molecule has 1 aliphatic heterocycles. The molecule has 7 nitrogen and oxygen atoms in total. The Morgan fingerprint density at radius 2 is 2.04 bits per heavy atom. The molecule has 1 aromatic carbocycles. The molecule has 0 saturated carbocycles. The molecule has 0 fully saturated rings. The summed E-state index contributed by atoms with van der Waals surface area (Å²) in [6.07, 6.45) is 1.56. The van der Waals surface area contributed by atoms with Crippen molar-refractivity contribution in [3.63, 3.8) is 0 Å². The van der Waals surface area contributed by atoms with E-state index in [1.165, 1.54) is 25.1 Å². The van der Waals surface area contributed by atoms with Crippen molar-refractivity contribution >= 4 is 34.9 Å². The number of H-pyrrole nitrogens is 1. The molecule has 2 amide bonds. The highest BCUT2D eigenvalue weighted by molar-refractivity contribution is 6.34. The Balaban J connectivity index is 1.98. The number of rotatable bonds is 5. The molecule has 0 bridgehead atoms. The predicted octanol–water partition coefficient (Wildman–Crippen LogP) is 1.94. The van der Waals surface area contributed by atoms with Crippen LogP contribution in [0.15, 0.2) is 18.2 Å². The maximum atomic E-state index is 13.6. The van der Waals surface area contributed by atoms with Gasteiger partial charge in [0.15, 0.2) is 5.78 Å². The number of ketones is 1. The third-order valence-electron chi connectivity index (χ3n) is 4.74. The molecule has 3 rings (SSSR count). The number of Topliss-reactive ketones (excluding diaryl/α,β-unsaturated/α-hetero) is 1. The molecule has 2 aromatic rings. The van der Waals surface area contributed by atoms with Crippen molar-refractivity contribution in [2.24, 2.45) is 0 Å². The minimum atomic E-state index is -0.988. The van der Waals surface area contributed by atoms with Gasteiger partial charge in [0.25, 0.3) is 11.8 Å². The molecule has 1 aliphatic rings. The Kier molecular flexibility index (Phi) is 5.15. The van der Waals surface area contributed by atoms with Gasteiger partial charge in [-0.05, 0) is 50.6 Å². The summed E-state index contributed by atoms with van der Waals surface area (Å²) in [5.74, 6) is -1.69. The number of aliphatic hydroxyl groups is 1. The highest BCUT2D eigenvalue weighted by atomic mass is 19.1. The molecule has 1 aromatic heterocycles. The normalized spacial score (nSPS) is 15.3. The second-order valence-corrected chi connectivity index (χ2v) is 6.68. The summed E-state index contributed by atoms with van der Waals surface area (Å²) in [6.45, 7) is 4.17. The monoisotopic (exact) mass is 385 g/mol. The summed E-state index contributed by atoms with van der Waals surface area (Å²) in [4.78, 5) is 39.4. The van der Waals surface area contributed by atoms with Crippen molar-refractivity contribution < 1.29 is 23.9 Å². The van der Waals surface area contributed by atoms with Gasteiger partial charge in [-0.25, -0.2) is 4.39 Å². The van der Waals surface area contributed by atoms with Crippen LogP contribution in [-0.4, -0.2) is 40.3 Å². The molecular weight excluding hydrogens is 365 g/mol. The number of aliphatic hydroxyl groups excluding tert-OH is 1. The number of carbonyl (C=O) groups is 3. The Hall–Kier alpha value is -3.26. The molecule has 2 heterocycles. The maximum Gasteiger partial charge on any atom is 0.256 e. The van der Waals surface area contributed by atoms with Crippen LogP contribution in [0.2, 0.25) is 0 Å². The molecule has 1 atom stereocenters. The number of amides is 2. The number of hydrogen-bond acceptors (Lipinski definition) is 4. The lowest BCUT2D eigenvalue weighted by Gasteiger charge is -2.13. The molecular formula is C20H20FN3O4. The summed E-state index contributed by atoms with van der Waals surface area (Å²) in [5, 5.41) is 14.4. The maximum absolute atomic E-state index is 13.6. The van der Waals surface area contributed by atoms with Crippen LogP contribution in [0.1, 0.15) is 39.8 Å². The average Bonchev–Trinajstić information content (AvgIpc) is 3.08. The molecule has 0 spiro atoms. The van der Waals surface area contributed by atoms with Crippen LogP contribution < -0.4 is 10.6 Å². The van der Waals surface area contributed by atoms with Gasteiger partial charge in [0, 0.05) is 22.6 Å². The molecule has 0 radical (unpaired) electrons. The zero-order valence-corrected chi connectivity index (χ0v) is 15.6. The first-order chi connectivity index (χ1) is 13.2. The third kappa shape index (κ3) is 3.46. The van der Waals surface area contributed by atoms with Gasteiger partial charge in [-0.15, -0.1) is 0 Å². The first-order valence-electron chi connectivity index (χ1n) is 8.67. The second-order valence-electron chi connectivity index (χ2n) is 6.68. The van der Waals surface area contributed by atoms with Crippen LogP contribution in [0.5, 0.6) is 0 Å². The van der Waals surface area contributed by atoms with Crippen LogP contribution in [-0.2, 0) is 9.59 Å². The summed E-state index contributed by atoms with van der Waals surface area (Å²) < 4.78 is 13.6. The smallest absolute Gasteiger partial charge is 0.256 e. The largest absolute Gasteiger partial charge is 0.394 e. The van der Waals surface area contributed by atoms with E-state index in [4.69, 9.17) is 0 Å². The van der Waals surface area contributed by atoms with E-state index in [1.807, 2.05) is 0 Å². The highest BCUT2D eigenvalue weighted by Crippen LogP contribution is 2.34. The zero-order valence-electron chi connectivity index (χ0n) is 15.6. The van der Waals surface area contributed by atoms with Crippen LogP contribution in [0.4, 0.5) is 10.1 Å². The van der Waals surface area contributed by atoms with Crippen molar-refractivity contribution in [1.82, 2.24) is 10.3 Å². The Bertz CT molecular complexity index is 1020. The summed E-state index contributed by atoms with van der Waals surface area (Å²) in [5.41, 5.74) is 3.20. The lowest BCUT2D eigenvalue weighted by atomic mass is 10.0. The van der Waals surface area contributed by atoms with E-state index in [2.05, 4.69) is 15.6 Å². The molecule has 146 valence electrons. The van der Waals surface area contributed by atoms with Crippen molar-refractivity contribution in [2.75, 3.05) is 11.9 Å². The fourth-order valence-corrected chi connectivity index (χ4v) is 3.21. The SMILES string of the molecule is CC(=O)[C@@H](CO)NC(=O)c1c(C)[nH]c(/C=C2\C(=O)Nc3ccc(F)cc32)c1C. The zero-order chi connectivity index (χ0) is 20.6. The van der Waals surface area contributed by atoms with Crippen molar-refractivity contribution in [1.29, 1.82) is 0 Å². The number of nitrogens with one attached hydrogen (secondary N) is 3. The number of fused-ring (bicyclic) bond motifs is 1. The van der Waals surface area contributed by atoms with E-state index in [0.717, 1.165) is 0 Å². The van der Waals surface area contributed by atoms with Gasteiger partial charge in [-0.2, -0.15) is 0 Å². The quantitative estimate of drug-likeness (QED) is 0.590. The van der Waals surface area contributed by atoms with Crippen LogP contribution in [0, 0.1) is 19.7 Å². The fraction of sp³-hybridized carbons (Fsp3) is 0.250. The third-order valence-corrected chi connectivity index (χ3v) is 4.74. The number of carbonyl (C=O) groups excluding carboxylic acids is 3. The number of aromatic amines is 1. The Morgan fingerprint density at radius 3 is 2.68 bits per heavy atom.